The van der Waals surface area contributed by atoms with Crippen LogP contribution in [0.15, 0.2) is 42.5 Å². The molecule has 0 unspecified atom stereocenters. The van der Waals surface area contributed by atoms with Gasteiger partial charge in [-0.3, -0.25) is 9.59 Å². The highest BCUT2D eigenvalue weighted by molar-refractivity contribution is 5.97. The first-order valence-corrected chi connectivity index (χ1v) is 11.6. The van der Waals surface area contributed by atoms with Gasteiger partial charge in [0.25, 0.3) is 0 Å². The smallest absolute Gasteiger partial charge is 0.244 e. The first kappa shape index (κ1) is 22.4. The Labute approximate surface area is 188 Å². The normalized spacial score (nSPS) is 23.3. The summed E-state index contributed by atoms with van der Waals surface area (Å²) >= 11 is 0. The van der Waals surface area contributed by atoms with Crippen LogP contribution in [-0.2, 0) is 9.59 Å². The van der Waals surface area contributed by atoms with Crippen LogP contribution in [-0.4, -0.2) is 23.3 Å². The van der Waals surface area contributed by atoms with Crippen LogP contribution in [0.5, 0.6) is 0 Å². The number of benzene rings is 2. The number of nitrogens with zero attached hydrogens (tertiary/aromatic N) is 1. The molecule has 1 heterocycles. The summed E-state index contributed by atoms with van der Waals surface area (Å²) in [6.07, 6.45) is 7.23. The third-order valence-corrected chi connectivity index (χ3v) is 6.84. The van der Waals surface area contributed by atoms with Gasteiger partial charge in [-0.05, 0) is 67.5 Å². The topological polar surface area (TPSA) is 49.4 Å². The van der Waals surface area contributed by atoms with Crippen molar-refractivity contribution >= 4 is 17.5 Å². The third-order valence-electron chi connectivity index (χ3n) is 6.84. The number of unbranched alkanes of at least 4 members (excludes halogenated alkanes) is 1. The Kier molecular flexibility index (Phi) is 6.87. The molecule has 1 N–H and O–H groups in total. The van der Waals surface area contributed by atoms with Gasteiger partial charge in [0.2, 0.25) is 11.8 Å². The molecule has 4 rings (SSSR count). The molecule has 6 heteroatoms. The van der Waals surface area contributed by atoms with Crippen molar-refractivity contribution in [2.24, 2.45) is 11.8 Å². The standard InChI is InChI=1S/C26H30F2N2O2/c1-2-3-4-17-5-7-19(8-6-17)26(32)30-16-24(31)29-23-14-13-21(28)15-22(23)25(30)18-9-11-20(27)12-10-18/h9-15,17,19,25H,2-8,16H2,1H3,(H,29,31)/t17?,19?,25-/m0/s1. The summed E-state index contributed by atoms with van der Waals surface area (Å²) in [5.41, 5.74) is 1.64. The third kappa shape index (κ3) is 4.84. The highest BCUT2D eigenvalue weighted by atomic mass is 19.1. The van der Waals surface area contributed by atoms with Crippen LogP contribution in [0.4, 0.5) is 14.5 Å². The molecule has 1 atom stereocenters. The van der Waals surface area contributed by atoms with Crippen LogP contribution < -0.4 is 5.32 Å². The summed E-state index contributed by atoms with van der Waals surface area (Å²) in [6, 6.07) is 9.37. The van der Waals surface area contributed by atoms with Crippen LogP contribution in [0.3, 0.4) is 0 Å². The number of carbonyl (C=O) groups excluding carboxylic acids is 2. The molecule has 4 nitrogen and oxygen atoms in total. The highest BCUT2D eigenvalue weighted by Gasteiger charge is 2.37. The van der Waals surface area contributed by atoms with Gasteiger partial charge in [0, 0.05) is 17.2 Å². The van der Waals surface area contributed by atoms with E-state index in [1.807, 2.05) is 0 Å². The summed E-state index contributed by atoms with van der Waals surface area (Å²) in [5.74, 6) is -0.726. The zero-order valence-corrected chi connectivity index (χ0v) is 18.4. The van der Waals surface area contributed by atoms with Crippen LogP contribution in [0.2, 0.25) is 0 Å². The van der Waals surface area contributed by atoms with Crippen molar-refractivity contribution < 1.29 is 18.4 Å². The second-order valence-electron chi connectivity index (χ2n) is 9.06. The molecule has 2 aromatic carbocycles. The van der Waals surface area contributed by atoms with Gasteiger partial charge >= 0.3 is 0 Å². The molecule has 1 aliphatic carbocycles. The lowest BCUT2D eigenvalue weighted by molar-refractivity contribution is -0.141. The van der Waals surface area contributed by atoms with Gasteiger partial charge in [-0.1, -0.05) is 38.3 Å². The summed E-state index contributed by atoms with van der Waals surface area (Å²) in [4.78, 5) is 27.9. The lowest BCUT2D eigenvalue weighted by atomic mass is 9.79. The Hall–Kier alpha value is -2.76. The maximum atomic E-state index is 14.2. The number of fused-ring (bicyclic) bond motifs is 1. The lowest BCUT2D eigenvalue weighted by Crippen LogP contribution is -2.43. The number of hydrogen-bond donors (Lipinski definition) is 1. The molecule has 170 valence electrons. The molecule has 2 amide bonds. The van der Waals surface area contributed by atoms with E-state index in [1.54, 1.807) is 17.0 Å². The van der Waals surface area contributed by atoms with Gasteiger partial charge in [0.15, 0.2) is 0 Å². The van der Waals surface area contributed by atoms with Crippen LogP contribution in [0, 0.1) is 23.5 Å². The lowest BCUT2D eigenvalue weighted by Gasteiger charge is -2.36. The number of carbonyl (C=O) groups is 2. The molecule has 1 fully saturated rings. The average molecular weight is 441 g/mol. The molecule has 0 spiro atoms. The van der Waals surface area contributed by atoms with E-state index in [2.05, 4.69) is 12.2 Å². The minimum Gasteiger partial charge on any atom is -0.324 e. The molecule has 0 aromatic heterocycles. The Morgan fingerprint density at radius 1 is 1.03 bits per heavy atom. The molecule has 1 saturated carbocycles. The van der Waals surface area contributed by atoms with E-state index in [9.17, 15) is 18.4 Å². The van der Waals surface area contributed by atoms with E-state index in [0.717, 1.165) is 25.7 Å². The van der Waals surface area contributed by atoms with Gasteiger partial charge in [0.05, 0.1) is 6.04 Å². The predicted molar refractivity (Wildman–Crippen MR) is 120 cm³/mol. The monoisotopic (exact) mass is 440 g/mol. The fourth-order valence-corrected chi connectivity index (χ4v) is 5.11. The first-order chi connectivity index (χ1) is 15.5. The Bertz CT molecular complexity index is 968. The Morgan fingerprint density at radius 3 is 2.41 bits per heavy atom. The van der Waals surface area contributed by atoms with Crippen LogP contribution in [0.25, 0.3) is 0 Å². The molecule has 1 aliphatic heterocycles. The maximum absolute atomic E-state index is 14.2. The second kappa shape index (κ2) is 9.80. The number of anilines is 1. The first-order valence-electron chi connectivity index (χ1n) is 11.6. The van der Waals surface area contributed by atoms with Gasteiger partial charge in [-0.2, -0.15) is 0 Å². The van der Waals surface area contributed by atoms with Crippen molar-refractivity contribution in [1.82, 2.24) is 4.90 Å². The average Bonchev–Trinajstić information content (AvgIpc) is 2.94. The van der Waals surface area contributed by atoms with E-state index >= 15 is 0 Å². The SMILES string of the molecule is CCCCC1CCC(C(=O)N2CC(=O)Nc3ccc(F)cc3[C@@H]2c2ccc(F)cc2)CC1. The minimum absolute atomic E-state index is 0.0828. The molecular formula is C26H30F2N2O2. The Balaban J connectivity index is 1.66. The van der Waals surface area contributed by atoms with Gasteiger partial charge in [-0.25, -0.2) is 8.78 Å². The predicted octanol–water partition coefficient (Wildman–Crippen LogP) is 5.83. The largest absolute Gasteiger partial charge is 0.324 e. The number of hydrogen-bond acceptors (Lipinski definition) is 2. The highest BCUT2D eigenvalue weighted by Crippen LogP contribution is 2.39. The zero-order chi connectivity index (χ0) is 22.7. The summed E-state index contributed by atoms with van der Waals surface area (Å²) in [6.45, 7) is 2.07. The van der Waals surface area contributed by atoms with Gasteiger partial charge in [0.1, 0.15) is 18.2 Å². The van der Waals surface area contributed by atoms with E-state index in [4.69, 9.17) is 0 Å². The van der Waals surface area contributed by atoms with Crippen LogP contribution >= 0.6 is 0 Å². The molecular weight excluding hydrogens is 410 g/mol. The summed E-state index contributed by atoms with van der Waals surface area (Å²) < 4.78 is 27.8. The van der Waals surface area contributed by atoms with Crippen LogP contribution in [0.1, 0.15) is 69.0 Å². The molecule has 2 aliphatic rings. The fraction of sp³-hybridized carbons (Fsp3) is 0.462. The van der Waals surface area contributed by atoms with Gasteiger partial charge < -0.3 is 10.2 Å². The quantitative estimate of drug-likeness (QED) is 0.636. The van der Waals surface area contributed by atoms with E-state index in [0.29, 0.717) is 22.7 Å². The number of amides is 2. The number of halogens is 2. The van der Waals surface area contributed by atoms with E-state index in [-0.39, 0.29) is 30.1 Å². The summed E-state index contributed by atoms with van der Waals surface area (Å²) in [5, 5.41) is 2.81. The van der Waals surface area contributed by atoms with E-state index < -0.39 is 11.9 Å². The van der Waals surface area contributed by atoms with Crippen molar-refractivity contribution in [3.8, 4) is 0 Å². The van der Waals surface area contributed by atoms with Crippen molar-refractivity contribution in [2.75, 3.05) is 11.9 Å². The summed E-state index contributed by atoms with van der Waals surface area (Å²) in [7, 11) is 0. The number of nitrogens with one attached hydrogen (secondary N) is 1. The molecule has 32 heavy (non-hydrogen) atoms. The molecule has 0 bridgehead atoms. The van der Waals surface area contributed by atoms with Crippen molar-refractivity contribution in [2.45, 2.75) is 57.9 Å². The van der Waals surface area contributed by atoms with Crippen molar-refractivity contribution in [3.05, 3.63) is 65.2 Å². The van der Waals surface area contributed by atoms with Gasteiger partial charge in [-0.15, -0.1) is 0 Å². The fourth-order valence-electron chi connectivity index (χ4n) is 5.11. The zero-order valence-electron chi connectivity index (χ0n) is 18.4. The minimum atomic E-state index is -0.662. The van der Waals surface area contributed by atoms with Crippen molar-refractivity contribution in [1.29, 1.82) is 0 Å². The van der Waals surface area contributed by atoms with Crippen molar-refractivity contribution in [3.63, 3.8) is 0 Å². The molecule has 2 aromatic rings. The molecule has 0 saturated heterocycles. The maximum Gasteiger partial charge on any atom is 0.244 e. The van der Waals surface area contributed by atoms with E-state index in [1.165, 1.54) is 49.6 Å². The second-order valence-corrected chi connectivity index (χ2v) is 9.06. The Morgan fingerprint density at radius 2 is 1.72 bits per heavy atom. The number of rotatable bonds is 5. The molecule has 0 radical (unpaired) electrons.